The van der Waals surface area contributed by atoms with Crippen LogP contribution < -0.4 is 11.2 Å². The van der Waals surface area contributed by atoms with Crippen LogP contribution in [0.15, 0.2) is 11.5 Å². The number of thioether (sulfide) groups is 1. The van der Waals surface area contributed by atoms with Crippen molar-refractivity contribution in [2.24, 2.45) is 0 Å². The number of hydrogen-bond acceptors (Lipinski definition) is 5. The van der Waals surface area contributed by atoms with Crippen LogP contribution in [0.3, 0.4) is 0 Å². The van der Waals surface area contributed by atoms with E-state index in [0.29, 0.717) is 6.04 Å². The first kappa shape index (κ1) is 11.3. The normalized spacial score (nSPS) is 11.1. The zero-order valence-electron chi connectivity index (χ0n) is 8.60. The number of nitrogens with two attached hydrogens (primary N) is 1. The Kier molecular flexibility index (Phi) is 4.75. The minimum atomic E-state index is 0.554. The molecule has 0 bridgehead atoms. The van der Waals surface area contributed by atoms with E-state index in [4.69, 9.17) is 5.84 Å². The molecule has 0 spiro atoms. The van der Waals surface area contributed by atoms with E-state index in [-0.39, 0.29) is 0 Å². The molecule has 0 aliphatic carbocycles. The molecule has 5 nitrogen and oxygen atoms in total. The third kappa shape index (κ3) is 3.97. The number of nitrogens with zero attached hydrogens (tertiary/aromatic N) is 3. The largest absolute Gasteiger partial charge is 0.336 e. The summed E-state index contributed by atoms with van der Waals surface area (Å²) in [5.74, 6) is 6.57. The van der Waals surface area contributed by atoms with Crippen molar-refractivity contribution in [3.8, 4) is 0 Å². The van der Waals surface area contributed by atoms with Gasteiger partial charge in [0.2, 0.25) is 5.16 Å². The highest BCUT2D eigenvalue weighted by atomic mass is 32.2. The Morgan fingerprint density at radius 1 is 1.64 bits per heavy atom. The van der Waals surface area contributed by atoms with Gasteiger partial charge in [-0.15, -0.1) is 10.2 Å². The van der Waals surface area contributed by atoms with Crippen LogP contribution in [0.5, 0.6) is 0 Å². The van der Waals surface area contributed by atoms with Gasteiger partial charge in [0.05, 0.1) is 0 Å². The predicted octanol–water partition coefficient (Wildman–Crippen LogP) is 0.472. The van der Waals surface area contributed by atoms with E-state index < -0.39 is 0 Å². The molecule has 0 aromatic carbocycles. The van der Waals surface area contributed by atoms with Gasteiger partial charge in [-0.25, -0.2) is 4.68 Å². The molecule has 0 radical (unpaired) electrons. The molecule has 1 heterocycles. The fourth-order valence-corrected chi connectivity index (χ4v) is 1.73. The van der Waals surface area contributed by atoms with Crippen molar-refractivity contribution in [2.75, 3.05) is 18.1 Å². The smallest absolute Gasteiger partial charge is 0.209 e. The highest BCUT2D eigenvalue weighted by Crippen LogP contribution is 2.12. The number of rotatable bonds is 6. The standard InChI is InChI=1S/C8H17N5S/c1-7(2)10-4-3-5-14-8-12-11-6-13(8)9/h6-7,10H,3-5,9H2,1-2H3. The zero-order valence-corrected chi connectivity index (χ0v) is 9.42. The van der Waals surface area contributed by atoms with E-state index in [9.17, 15) is 0 Å². The monoisotopic (exact) mass is 215 g/mol. The highest BCUT2D eigenvalue weighted by Gasteiger charge is 2.00. The molecule has 1 aromatic rings. The molecule has 0 unspecified atom stereocenters. The van der Waals surface area contributed by atoms with Crippen molar-refractivity contribution >= 4 is 11.8 Å². The van der Waals surface area contributed by atoms with Crippen LogP contribution in [0.1, 0.15) is 20.3 Å². The Hall–Kier alpha value is -0.750. The third-order valence-corrected chi connectivity index (χ3v) is 2.69. The van der Waals surface area contributed by atoms with Crippen LogP contribution in [0.4, 0.5) is 0 Å². The van der Waals surface area contributed by atoms with Crippen LogP contribution in [0, 0.1) is 0 Å². The molecule has 0 amide bonds. The van der Waals surface area contributed by atoms with Crippen LogP contribution in [-0.2, 0) is 0 Å². The van der Waals surface area contributed by atoms with Gasteiger partial charge in [0.15, 0.2) is 0 Å². The lowest BCUT2D eigenvalue weighted by atomic mass is 10.4. The molecule has 0 saturated heterocycles. The van der Waals surface area contributed by atoms with E-state index in [1.807, 2.05) is 0 Å². The Morgan fingerprint density at radius 2 is 2.43 bits per heavy atom. The number of aromatic nitrogens is 3. The molecule has 6 heteroatoms. The molecule has 0 fully saturated rings. The number of nitrogen functional groups attached to an aromatic ring is 1. The highest BCUT2D eigenvalue weighted by molar-refractivity contribution is 7.99. The van der Waals surface area contributed by atoms with Crippen LogP contribution in [0.25, 0.3) is 0 Å². The fraction of sp³-hybridized carbons (Fsp3) is 0.750. The number of nitrogens with one attached hydrogen (secondary N) is 1. The molecule has 1 aromatic heterocycles. The first-order valence-corrected chi connectivity index (χ1v) is 5.70. The van der Waals surface area contributed by atoms with Crippen molar-refractivity contribution in [3.05, 3.63) is 6.33 Å². The molecule has 0 atom stereocenters. The van der Waals surface area contributed by atoms with E-state index in [0.717, 1.165) is 23.9 Å². The Labute approximate surface area is 88.4 Å². The molecule has 3 N–H and O–H groups in total. The summed E-state index contributed by atoms with van der Waals surface area (Å²) in [6, 6.07) is 0.554. The topological polar surface area (TPSA) is 68.8 Å². The fourth-order valence-electron chi connectivity index (χ4n) is 0.962. The lowest BCUT2D eigenvalue weighted by molar-refractivity contribution is 0.585. The number of hydrogen-bond donors (Lipinski definition) is 2. The summed E-state index contributed by atoms with van der Waals surface area (Å²) in [4.78, 5) is 0. The summed E-state index contributed by atoms with van der Waals surface area (Å²) >= 11 is 1.63. The summed E-state index contributed by atoms with van der Waals surface area (Å²) in [7, 11) is 0. The van der Waals surface area contributed by atoms with Gasteiger partial charge in [0.25, 0.3) is 0 Å². The van der Waals surface area contributed by atoms with Gasteiger partial charge < -0.3 is 11.2 Å². The van der Waals surface area contributed by atoms with Crippen molar-refractivity contribution in [3.63, 3.8) is 0 Å². The molecule has 0 saturated carbocycles. The maximum atomic E-state index is 5.56. The minimum absolute atomic E-state index is 0.554. The Morgan fingerprint density at radius 3 is 3.00 bits per heavy atom. The summed E-state index contributed by atoms with van der Waals surface area (Å²) in [6.07, 6.45) is 2.62. The van der Waals surface area contributed by atoms with Crippen molar-refractivity contribution in [1.29, 1.82) is 0 Å². The van der Waals surface area contributed by atoms with Crippen molar-refractivity contribution < 1.29 is 0 Å². The molecule has 80 valence electrons. The third-order valence-electron chi connectivity index (χ3n) is 1.65. The Balaban J connectivity index is 2.08. The second-order valence-corrected chi connectivity index (χ2v) is 4.39. The van der Waals surface area contributed by atoms with Crippen LogP contribution >= 0.6 is 11.8 Å². The molecular weight excluding hydrogens is 198 g/mol. The predicted molar refractivity (Wildman–Crippen MR) is 58.7 cm³/mol. The van der Waals surface area contributed by atoms with Gasteiger partial charge in [-0.3, -0.25) is 0 Å². The average Bonchev–Trinajstić information content (AvgIpc) is 2.51. The van der Waals surface area contributed by atoms with E-state index in [1.165, 1.54) is 11.0 Å². The summed E-state index contributed by atoms with van der Waals surface area (Å²) in [6.45, 7) is 5.32. The van der Waals surface area contributed by atoms with E-state index >= 15 is 0 Å². The summed E-state index contributed by atoms with van der Waals surface area (Å²) < 4.78 is 1.44. The Bertz CT molecular complexity index is 260. The minimum Gasteiger partial charge on any atom is -0.336 e. The van der Waals surface area contributed by atoms with E-state index in [1.54, 1.807) is 11.8 Å². The first-order chi connectivity index (χ1) is 6.70. The SMILES string of the molecule is CC(C)NCCCSc1nncn1N. The second kappa shape index (κ2) is 5.87. The lowest BCUT2D eigenvalue weighted by Crippen LogP contribution is -2.24. The molecule has 0 aliphatic heterocycles. The van der Waals surface area contributed by atoms with Gasteiger partial charge in [0.1, 0.15) is 6.33 Å². The maximum absolute atomic E-state index is 5.56. The average molecular weight is 215 g/mol. The first-order valence-electron chi connectivity index (χ1n) is 4.71. The van der Waals surface area contributed by atoms with Crippen LogP contribution in [0.2, 0.25) is 0 Å². The summed E-state index contributed by atoms with van der Waals surface area (Å²) in [5, 5.41) is 11.7. The zero-order chi connectivity index (χ0) is 10.4. The van der Waals surface area contributed by atoms with E-state index in [2.05, 4.69) is 29.4 Å². The molecule has 0 aliphatic rings. The molecule has 1 rings (SSSR count). The van der Waals surface area contributed by atoms with Gasteiger partial charge >= 0.3 is 0 Å². The maximum Gasteiger partial charge on any atom is 0.209 e. The van der Waals surface area contributed by atoms with Crippen LogP contribution in [-0.4, -0.2) is 33.2 Å². The van der Waals surface area contributed by atoms with Gasteiger partial charge in [0, 0.05) is 11.8 Å². The van der Waals surface area contributed by atoms with Crippen molar-refractivity contribution in [1.82, 2.24) is 20.2 Å². The van der Waals surface area contributed by atoms with Gasteiger partial charge in [-0.2, -0.15) is 0 Å². The second-order valence-electron chi connectivity index (χ2n) is 3.33. The quantitative estimate of drug-likeness (QED) is 0.410. The molecule has 14 heavy (non-hydrogen) atoms. The van der Waals surface area contributed by atoms with Gasteiger partial charge in [-0.05, 0) is 13.0 Å². The van der Waals surface area contributed by atoms with Gasteiger partial charge in [-0.1, -0.05) is 25.6 Å². The van der Waals surface area contributed by atoms with Crippen molar-refractivity contribution in [2.45, 2.75) is 31.5 Å². The lowest BCUT2D eigenvalue weighted by Gasteiger charge is -2.06. The summed E-state index contributed by atoms with van der Waals surface area (Å²) in [5.41, 5.74) is 0. The molecular formula is C8H17N5S.